The standard InChI is InChI=1S/C33H58N2O3/c1-22(2)10-8-9-11-23-13-15-27-26-14-12-24-20-25(35-29(36)21-34-30(37)38-31(3,4)5)16-18-33(24,7)28(26)17-19-32(23,27)6/h22-28H,8-21H2,1-7H3,(H,34,37)(H,35,36)/t23-,24?,25-,26?,27?,28?,32+,33-/m0/s1. The van der Waals surface area contributed by atoms with Gasteiger partial charge in [-0.3, -0.25) is 4.79 Å². The summed E-state index contributed by atoms with van der Waals surface area (Å²) in [6.45, 7) is 15.5. The van der Waals surface area contributed by atoms with E-state index in [4.69, 9.17) is 4.74 Å². The second-order valence-corrected chi connectivity index (χ2v) is 15.5. The van der Waals surface area contributed by atoms with Gasteiger partial charge in [0.05, 0.1) is 0 Å². The van der Waals surface area contributed by atoms with Crippen LogP contribution in [0.1, 0.15) is 132 Å². The van der Waals surface area contributed by atoms with Crippen molar-refractivity contribution in [3.63, 3.8) is 0 Å². The van der Waals surface area contributed by atoms with Gasteiger partial charge in [0, 0.05) is 6.04 Å². The summed E-state index contributed by atoms with van der Waals surface area (Å²) in [5, 5.41) is 5.84. The summed E-state index contributed by atoms with van der Waals surface area (Å²) < 4.78 is 5.26. The molecule has 2 N–H and O–H groups in total. The van der Waals surface area contributed by atoms with E-state index in [2.05, 4.69) is 38.3 Å². The molecule has 0 radical (unpaired) electrons. The van der Waals surface area contributed by atoms with Crippen LogP contribution in [0.4, 0.5) is 4.79 Å². The van der Waals surface area contributed by atoms with E-state index in [0.717, 1.165) is 42.4 Å². The molecule has 0 saturated heterocycles. The van der Waals surface area contributed by atoms with E-state index in [1.807, 2.05) is 20.8 Å². The van der Waals surface area contributed by atoms with Gasteiger partial charge in [0.1, 0.15) is 12.1 Å². The highest BCUT2D eigenvalue weighted by atomic mass is 16.6. The Morgan fingerprint density at radius 2 is 1.63 bits per heavy atom. The number of alkyl carbamates (subject to hydrolysis) is 1. The first kappa shape index (κ1) is 29.7. The number of unbranched alkanes of at least 4 members (excludes halogenated alkanes) is 1. The number of hydrogen-bond donors (Lipinski definition) is 2. The number of amides is 2. The second-order valence-electron chi connectivity index (χ2n) is 15.5. The van der Waals surface area contributed by atoms with Gasteiger partial charge in [-0.2, -0.15) is 0 Å². The van der Waals surface area contributed by atoms with Gasteiger partial charge in [-0.25, -0.2) is 4.79 Å². The average molecular weight is 531 g/mol. The lowest BCUT2D eigenvalue weighted by atomic mass is 9.44. The number of fused-ring (bicyclic) bond motifs is 5. The minimum Gasteiger partial charge on any atom is -0.444 e. The van der Waals surface area contributed by atoms with Crippen molar-refractivity contribution >= 4 is 12.0 Å². The highest BCUT2D eigenvalue weighted by molar-refractivity contribution is 5.82. The number of nitrogens with one attached hydrogen (secondary N) is 2. The molecule has 38 heavy (non-hydrogen) atoms. The first-order valence-corrected chi connectivity index (χ1v) is 16.1. The molecular weight excluding hydrogens is 472 g/mol. The highest BCUT2D eigenvalue weighted by Gasteiger charge is 2.59. The Morgan fingerprint density at radius 1 is 0.921 bits per heavy atom. The second kappa shape index (κ2) is 11.7. The Balaban J connectivity index is 1.29. The molecule has 4 aliphatic rings. The molecule has 0 bridgehead atoms. The van der Waals surface area contributed by atoms with E-state index >= 15 is 0 Å². The molecule has 4 saturated carbocycles. The van der Waals surface area contributed by atoms with Crippen LogP contribution >= 0.6 is 0 Å². The first-order valence-electron chi connectivity index (χ1n) is 16.1. The first-order chi connectivity index (χ1) is 17.8. The number of ether oxygens (including phenoxy) is 1. The topological polar surface area (TPSA) is 67.4 Å². The van der Waals surface area contributed by atoms with E-state index in [1.165, 1.54) is 70.6 Å². The van der Waals surface area contributed by atoms with Crippen LogP contribution in [0.25, 0.3) is 0 Å². The molecule has 0 aromatic heterocycles. The van der Waals surface area contributed by atoms with E-state index < -0.39 is 11.7 Å². The summed E-state index contributed by atoms with van der Waals surface area (Å²) in [7, 11) is 0. The minimum atomic E-state index is -0.559. The van der Waals surface area contributed by atoms with Gasteiger partial charge in [0.15, 0.2) is 0 Å². The maximum atomic E-state index is 12.6. The Morgan fingerprint density at radius 3 is 2.34 bits per heavy atom. The predicted octanol–water partition coefficient (Wildman–Crippen LogP) is 7.87. The Hall–Kier alpha value is -1.26. The van der Waals surface area contributed by atoms with Gasteiger partial charge >= 0.3 is 6.09 Å². The molecule has 0 aromatic carbocycles. The summed E-state index contributed by atoms with van der Waals surface area (Å²) in [5.74, 6) is 5.11. The molecular formula is C33H58N2O3. The van der Waals surface area contributed by atoms with Crippen LogP contribution in [-0.4, -0.2) is 30.2 Å². The summed E-state index contributed by atoms with van der Waals surface area (Å²) >= 11 is 0. The van der Waals surface area contributed by atoms with E-state index in [0.29, 0.717) is 16.7 Å². The van der Waals surface area contributed by atoms with Crippen LogP contribution < -0.4 is 10.6 Å². The molecule has 0 heterocycles. The fourth-order valence-electron chi connectivity index (χ4n) is 9.66. The van der Waals surface area contributed by atoms with Gasteiger partial charge < -0.3 is 15.4 Å². The zero-order chi connectivity index (χ0) is 27.7. The van der Waals surface area contributed by atoms with Crippen molar-refractivity contribution in [2.75, 3.05) is 6.54 Å². The highest BCUT2D eigenvalue weighted by Crippen LogP contribution is 2.67. The largest absolute Gasteiger partial charge is 0.444 e. The molecule has 2 amide bonds. The lowest BCUT2D eigenvalue weighted by Crippen LogP contribution is -2.55. The fraction of sp³-hybridized carbons (Fsp3) is 0.939. The molecule has 5 nitrogen and oxygen atoms in total. The molecule has 218 valence electrons. The van der Waals surface area contributed by atoms with Crippen LogP contribution in [0.3, 0.4) is 0 Å². The van der Waals surface area contributed by atoms with Gasteiger partial charge in [0.25, 0.3) is 0 Å². The number of carbonyl (C=O) groups is 2. The molecule has 4 fully saturated rings. The summed E-state index contributed by atoms with van der Waals surface area (Å²) in [4.78, 5) is 24.5. The molecule has 0 aromatic rings. The lowest BCUT2D eigenvalue weighted by Gasteiger charge is -2.61. The fourth-order valence-corrected chi connectivity index (χ4v) is 9.66. The van der Waals surface area contributed by atoms with Crippen molar-refractivity contribution in [3.8, 4) is 0 Å². The molecule has 4 aliphatic carbocycles. The number of hydrogen-bond acceptors (Lipinski definition) is 3. The van der Waals surface area contributed by atoms with Crippen molar-refractivity contribution in [1.29, 1.82) is 0 Å². The molecule has 4 unspecified atom stereocenters. The average Bonchev–Trinajstić information content (AvgIpc) is 3.16. The van der Waals surface area contributed by atoms with Crippen molar-refractivity contribution in [2.45, 2.75) is 144 Å². The third kappa shape index (κ3) is 6.54. The third-order valence-corrected chi connectivity index (χ3v) is 11.6. The van der Waals surface area contributed by atoms with Crippen LogP contribution in [0.2, 0.25) is 0 Å². The number of rotatable bonds is 8. The van der Waals surface area contributed by atoms with Crippen LogP contribution in [0, 0.1) is 46.3 Å². The quantitative estimate of drug-likeness (QED) is 0.314. The van der Waals surface area contributed by atoms with Crippen LogP contribution in [-0.2, 0) is 9.53 Å². The Labute approximate surface area is 233 Å². The molecule has 4 rings (SSSR count). The van der Waals surface area contributed by atoms with Crippen LogP contribution in [0.5, 0.6) is 0 Å². The van der Waals surface area contributed by atoms with Crippen LogP contribution in [0.15, 0.2) is 0 Å². The number of carbonyl (C=O) groups excluding carboxylic acids is 2. The summed E-state index contributed by atoms with van der Waals surface area (Å²) in [6.07, 6.45) is 17.1. The lowest BCUT2D eigenvalue weighted by molar-refractivity contribution is -0.126. The maximum Gasteiger partial charge on any atom is 0.408 e. The molecule has 0 spiro atoms. The zero-order valence-electron chi connectivity index (χ0n) is 25.7. The van der Waals surface area contributed by atoms with E-state index in [-0.39, 0.29) is 18.5 Å². The smallest absolute Gasteiger partial charge is 0.408 e. The molecule has 0 aliphatic heterocycles. The normalized spacial score (nSPS) is 38.6. The van der Waals surface area contributed by atoms with Gasteiger partial charge in [-0.1, -0.05) is 47.0 Å². The third-order valence-electron chi connectivity index (χ3n) is 11.6. The predicted molar refractivity (Wildman–Crippen MR) is 155 cm³/mol. The SMILES string of the molecule is CC(C)CCCC[C@H]1CCC2C3CCC4C[C@@H](NC(=O)CNC(=O)OC(C)(C)C)CC[C@]4(C)C3CC[C@@]21C. The van der Waals surface area contributed by atoms with E-state index in [9.17, 15) is 9.59 Å². The monoisotopic (exact) mass is 530 g/mol. The Bertz CT molecular complexity index is 835. The van der Waals surface area contributed by atoms with Gasteiger partial charge in [-0.05, 0) is 131 Å². The van der Waals surface area contributed by atoms with Crippen molar-refractivity contribution in [2.24, 2.45) is 46.3 Å². The molecule has 8 atom stereocenters. The van der Waals surface area contributed by atoms with Gasteiger partial charge in [-0.15, -0.1) is 0 Å². The van der Waals surface area contributed by atoms with Crippen molar-refractivity contribution < 1.29 is 14.3 Å². The van der Waals surface area contributed by atoms with E-state index in [1.54, 1.807) is 0 Å². The summed E-state index contributed by atoms with van der Waals surface area (Å²) in [6, 6.07) is 0.230. The van der Waals surface area contributed by atoms with Gasteiger partial charge in [0.2, 0.25) is 5.91 Å². The van der Waals surface area contributed by atoms with Crippen molar-refractivity contribution in [1.82, 2.24) is 10.6 Å². The minimum absolute atomic E-state index is 0.0169. The van der Waals surface area contributed by atoms with Crippen molar-refractivity contribution in [3.05, 3.63) is 0 Å². The summed E-state index contributed by atoms with van der Waals surface area (Å²) in [5.41, 5.74) is 0.445. The Kier molecular flexibility index (Phi) is 9.14. The maximum absolute atomic E-state index is 12.6. The zero-order valence-corrected chi connectivity index (χ0v) is 25.7. The molecule has 5 heteroatoms.